The maximum Gasteiger partial charge on any atom is 0.166 e. The summed E-state index contributed by atoms with van der Waals surface area (Å²) in [6.45, 7) is 0. The first-order valence-electron chi connectivity index (χ1n) is 5.50. The number of hydrogen-bond acceptors (Lipinski definition) is 3. The lowest BCUT2D eigenvalue weighted by molar-refractivity contribution is 0.568. The average Bonchev–Trinajstić information content (AvgIpc) is 2.30. The average molecular weight is 315 g/mol. The van der Waals surface area contributed by atoms with E-state index in [4.69, 9.17) is 0 Å². The molecule has 2 rings (SSSR count). The van der Waals surface area contributed by atoms with Crippen LogP contribution in [0.4, 0.5) is 0 Å². The first-order valence-corrected chi connectivity index (χ1v) is 8.70. The van der Waals surface area contributed by atoms with Gasteiger partial charge in [0.25, 0.3) is 0 Å². The van der Waals surface area contributed by atoms with Gasteiger partial charge in [-0.25, -0.2) is 4.79 Å². The van der Waals surface area contributed by atoms with E-state index in [1.165, 1.54) is 11.1 Å². The molecule has 92 valence electrons. The zero-order valence-electron chi connectivity index (χ0n) is 9.94. The molecule has 0 radical (unpaired) electrons. The predicted octanol–water partition coefficient (Wildman–Crippen LogP) is 2.89. The number of rotatable bonds is 1. The Labute approximate surface area is 110 Å². The molecule has 0 spiro atoms. The van der Waals surface area contributed by atoms with Gasteiger partial charge in [-0.2, -0.15) is 0 Å². The van der Waals surface area contributed by atoms with Crippen molar-refractivity contribution in [2.24, 2.45) is 4.36 Å². The molecule has 0 amide bonds. The van der Waals surface area contributed by atoms with Crippen molar-refractivity contribution < 1.29 is 4.79 Å². The molecule has 0 aromatic carbocycles. The van der Waals surface area contributed by atoms with Crippen molar-refractivity contribution in [1.29, 1.82) is 0 Å². The predicted molar refractivity (Wildman–Crippen MR) is 75.0 cm³/mol. The van der Waals surface area contributed by atoms with Gasteiger partial charge in [0.2, 0.25) is 0 Å². The summed E-state index contributed by atoms with van der Waals surface area (Å²) in [7, 11) is -1.60. The number of hydrogen-bond donors (Lipinski definition) is 0. The number of halogens is 1. The van der Waals surface area contributed by atoms with Crippen molar-refractivity contribution >= 4 is 30.6 Å². The molecule has 1 unspecified atom stereocenters. The molecular formula is C12H15BrN2OS. The minimum Gasteiger partial charge on any atom is -0.263 e. The van der Waals surface area contributed by atoms with Crippen LogP contribution in [0.5, 0.6) is 0 Å². The number of aromatic nitrogens is 1. The number of carbonyl (C=O) groups excluding carboxylic acids is 1. The van der Waals surface area contributed by atoms with Gasteiger partial charge in [-0.15, -0.1) is 0 Å². The largest absolute Gasteiger partial charge is 0.263 e. The van der Waals surface area contributed by atoms with Crippen LogP contribution in [0.25, 0.3) is 0 Å². The van der Waals surface area contributed by atoms with E-state index in [1.807, 2.05) is 24.9 Å². The molecule has 0 saturated carbocycles. The van der Waals surface area contributed by atoms with Crippen molar-refractivity contribution in [3.05, 3.63) is 28.0 Å². The lowest BCUT2D eigenvalue weighted by Crippen LogP contribution is -2.11. The molecule has 5 heteroatoms. The van der Waals surface area contributed by atoms with Crippen LogP contribution in [-0.4, -0.2) is 22.7 Å². The highest BCUT2D eigenvalue weighted by Crippen LogP contribution is 2.36. The Kier molecular flexibility index (Phi) is 3.71. The fourth-order valence-electron chi connectivity index (χ4n) is 2.10. The fraction of sp³-hybridized carbons (Fsp3) is 0.500. The third-order valence-corrected chi connectivity index (χ3v) is 4.77. The second-order valence-corrected chi connectivity index (χ2v) is 8.34. The zero-order valence-corrected chi connectivity index (χ0v) is 12.3. The molecule has 0 fully saturated rings. The van der Waals surface area contributed by atoms with E-state index >= 15 is 0 Å². The molecule has 1 aromatic rings. The molecule has 1 aliphatic rings. The summed E-state index contributed by atoms with van der Waals surface area (Å²) in [5.41, 5.74) is 2.46. The van der Waals surface area contributed by atoms with Crippen molar-refractivity contribution in [1.82, 2.24) is 4.98 Å². The second kappa shape index (κ2) is 4.92. The number of fused-ring (bicyclic) bond motifs is 1. The maximum atomic E-state index is 10.9. The summed E-state index contributed by atoms with van der Waals surface area (Å²) in [4.78, 5) is 15.1. The lowest BCUT2D eigenvalue weighted by atomic mass is 9.90. The molecule has 0 N–H and O–H groups in total. The Morgan fingerprint density at radius 2 is 2.29 bits per heavy atom. The lowest BCUT2D eigenvalue weighted by Gasteiger charge is -2.23. The highest BCUT2D eigenvalue weighted by atomic mass is 79.9. The van der Waals surface area contributed by atoms with Crippen molar-refractivity contribution in [2.45, 2.75) is 25.3 Å². The number of pyridine rings is 1. The molecular weight excluding hydrogens is 300 g/mol. The monoisotopic (exact) mass is 314 g/mol. The Morgan fingerprint density at radius 1 is 1.53 bits per heavy atom. The van der Waals surface area contributed by atoms with Gasteiger partial charge >= 0.3 is 0 Å². The molecule has 1 atom stereocenters. The van der Waals surface area contributed by atoms with Gasteiger partial charge in [-0.3, -0.25) is 9.35 Å². The van der Waals surface area contributed by atoms with Gasteiger partial charge in [0.1, 0.15) is 0 Å². The van der Waals surface area contributed by atoms with Crippen molar-refractivity contribution in [2.75, 3.05) is 12.5 Å². The molecule has 0 saturated heterocycles. The van der Waals surface area contributed by atoms with E-state index in [0.29, 0.717) is 0 Å². The zero-order chi connectivity index (χ0) is 12.5. The Hall–Kier alpha value is -0.640. The van der Waals surface area contributed by atoms with Gasteiger partial charge in [0.15, 0.2) is 5.23 Å². The Balaban J connectivity index is 2.54. The SMILES string of the molecule is CS(C)(=C=O)=NC1CCCc2c(Br)cncc21. The van der Waals surface area contributed by atoms with Crippen LogP contribution in [0.15, 0.2) is 21.2 Å². The minimum atomic E-state index is -1.60. The van der Waals surface area contributed by atoms with Gasteiger partial charge in [0, 0.05) is 16.9 Å². The van der Waals surface area contributed by atoms with Crippen LogP contribution in [0.3, 0.4) is 0 Å². The van der Waals surface area contributed by atoms with E-state index in [-0.39, 0.29) is 6.04 Å². The standard InChI is InChI=1S/C12H15BrN2OS/c1-17(2,8-16)15-12-5-3-4-9-10(12)6-14-7-11(9)13/h6-7,12H,3-5H2,1-2H3. The quantitative estimate of drug-likeness (QED) is 0.748. The van der Waals surface area contributed by atoms with Crippen LogP contribution in [-0.2, 0) is 20.6 Å². The van der Waals surface area contributed by atoms with E-state index < -0.39 is 9.41 Å². The fourth-order valence-corrected chi connectivity index (χ4v) is 3.55. The topological polar surface area (TPSA) is 42.3 Å². The first-order chi connectivity index (χ1) is 8.03. The molecule has 3 nitrogen and oxygen atoms in total. The number of nitrogens with zero attached hydrogens (tertiary/aromatic N) is 2. The van der Waals surface area contributed by atoms with Crippen LogP contribution < -0.4 is 0 Å². The van der Waals surface area contributed by atoms with Crippen molar-refractivity contribution in [3.63, 3.8) is 0 Å². The van der Waals surface area contributed by atoms with Gasteiger partial charge in [-0.1, -0.05) is 9.41 Å². The highest BCUT2D eigenvalue weighted by Gasteiger charge is 2.21. The molecule has 17 heavy (non-hydrogen) atoms. The molecule has 0 bridgehead atoms. The first kappa shape index (κ1) is 12.8. The molecule has 1 heterocycles. The smallest absolute Gasteiger partial charge is 0.166 e. The van der Waals surface area contributed by atoms with Crippen molar-refractivity contribution in [3.8, 4) is 0 Å². The molecule has 1 aliphatic carbocycles. The molecule has 0 aliphatic heterocycles. The third kappa shape index (κ3) is 2.79. The van der Waals surface area contributed by atoms with Crippen LogP contribution in [0, 0.1) is 0 Å². The third-order valence-electron chi connectivity index (χ3n) is 2.90. The Bertz CT molecular complexity index is 576. The summed E-state index contributed by atoms with van der Waals surface area (Å²) >= 11 is 3.53. The van der Waals surface area contributed by atoms with Gasteiger partial charge < -0.3 is 0 Å². The van der Waals surface area contributed by atoms with E-state index in [9.17, 15) is 4.79 Å². The van der Waals surface area contributed by atoms with Gasteiger partial charge in [-0.05, 0) is 58.8 Å². The van der Waals surface area contributed by atoms with Gasteiger partial charge in [0.05, 0.1) is 6.04 Å². The summed E-state index contributed by atoms with van der Waals surface area (Å²) in [5.74, 6) is 0. The molecule has 1 aromatic heterocycles. The van der Waals surface area contributed by atoms with E-state index in [0.717, 1.165) is 23.7 Å². The minimum absolute atomic E-state index is 0.107. The van der Waals surface area contributed by atoms with Crippen LogP contribution in [0.2, 0.25) is 0 Å². The normalized spacial score (nSPS) is 19.4. The highest BCUT2D eigenvalue weighted by molar-refractivity contribution is 9.10. The summed E-state index contributed by atoms with van der Waals surface area (Å²) in [5, 5.41) is 2.07. The summed E-state index contributed by atoms with van der Waals surface area (Å²) in [6.07, 6.45) is 10.6. The van der Waals surface area contributed by atoms with E-state index in [2.05, 4.69) is 30.5 Å². The second-order valence-electron chi connectivity index (χ2n) is 4.56. The Morgan fingerprint density at radius 3 is 3.00 bits per heavy atom. The summed E-state index contributed by atoms with van der Waals surface area (Å²) in [6, 6.07) is 0.107. The summed E-state index contributed by atoms with van der Waals surface area (Å²) < 4.78 is 5.72. The van der Waals surface area contributed by atoms with E-state index in [1.54, 1.807) is 0 Å². The van der Waals surface area contributed by atoms with Crippen LogP contribution in [0.1, 0.15) is 30.0 Å². The van der Waals surface area contributed by atoms with Crippen LogP contribution >= 0.6 is 15.9 Å². The maximum absolute atomic E-state index is 10.9.